The molecular weight excluding hydrogens is 260 g/mol. The van der Waals surface area contributed by atoms with Crippen LogP contribution in [0.15, 0.2) is 27.3 Å². The normalized spacial score (nSPS) is 11.6. The highest BCUT2D eigenvalue weighted by molar-refractivity contribution is 5.76. The number of amides is 1. The third-order valence-corrected chi connectivity index (χ3v) is 2.52. The molecule has 0 unspecified atom stereocenters. The lowest BCUT2D eigenvalue weighted by Crippen LogP contribution is -2.45. The number of aryl methyl sites for hydroxylation is 1. The van der Waals surface area contributed by atoms with Crippen molar-refractivity contribution in [3.05, 3.63) is 24.3 Å². The Kier molecular flexibility index (Phi) is 4.19. The number of nitrogens with two attached hydrogens (primary N) is 1. The Hall–Kier alpha value is -2.15. The molecule has 0 aliphatic heterocycles. The van der Waals surface area contributed by atoms with Crippen LogP contribution in [0.3, 0.4) is 0 Å². The summed E-state index contributed by atoms with van der Waals surface area (Å²) < 4.78 is 10.2. The molecule has 0 aliphatic carbocycles. The standard InChI is InChI=1S/C13H18N4O3/c1-13(2,14)8-15-10(18)5-6-11-16-12(17-20-11)9-4-3-7-19-9/h3-4,7H,5-6,8,14H2,1-2H3,(H,15,18). The lowest BCUT2D eigenvalue weighted by molar-refractivity contribution is -0.121. The van der Waals surface area contributed by atoms with Gasteiger partial charge in [0.15, 0.2) is 5.76 Å². The predicted molar refractivity (Wildman–Crippen MR) is 71.6 cm³/mol. The highest BCUT2D eigenvalue weighted by atomic mass is 16.5. The van der Waals surface area contributed by atoms with Crippen molar-refractivity contribution in [2.45, 2.75) is 32.2 Å². The Balaban J connectivity index is 1.81. The Morgan fingerprint density at radius 2 is 2.30 bits per heavy atom. The zero-order valence-electron chi connectivity index (χ0n) is 11.5. The molecule has 7 heteroatoms. The topological polar surface area (TPSA) is 107 Å². The fourth-order valence-electron chi connectivity index (χ4n) is 1.50. The molecule has 0 aliphatic rings. The quantitative estimate of drug-likeness (QED) is 0.819. The van der Waals surface area contributed by atoms with Gasteiger partial charge in [-0.25, -0.2) is 0 Å². The zero-order chi connectivity index (χ0) is 14.6. The van der Waals surface area contributed by atoms with E-state index in [1.54, 1.807) is 12.1 Å². The number of carbonyl (C=O) groups is 1. The van der Waals surface area contributed by atoms with Crippen molar-refractivity contribution in [3.63, 3.8) is 0 Å². The summed E-state index contributed by atoms with van der Waals surface area (Å²) in [5.41, 5.74) is 5.36. The summed E-state index contributed by atoms with van der Waals surface area (Å²) in [5, 5.41) is 6.55. The number of hydrogen-bond donors (Lipinski definition) is 2. The predicted octanol–water partition coefficient (Wildman–Crippen LogP) is 1.12. The van der Waals surface area contributed by atoms with Gasteiger partial charge in [0.25, 0.3) is 0 Å². The van der Waals surface area contributed by atoms with Gasteiger partial charge in [-0.1, -0.05) is 5.16 Å². The van der Waals surface area contributed by atoms with Crippen LogP contribution in [0.4, 0.5) is 0 Å². The lowest BCUT2D eigenvalue weighted by Gasteiger charge is -2.18. The largest absolute Gasteiger partial charge is 0.461 e. The molecule has 3 N–H and O–H groups in total. The molecule has 20 heavy (non-hydrogen) atoms. The van der Waals surface area contributed by atoms with Gasteiger partial charge in [0.05, 0.1) is 6.26 Å². The average molecular weight is 278 g/mol. The van der Waals surface area contributed by atoms with Crippen LogP contribution in [0, 0.1) is 0 Å². The molecule has 2 heterocycles. The third-order valence-electron chi connectivity index (χ3n) is 2.52. The van der Waals surface area contributed by atoms with Crippen LogP contribution < -0.4 is 11.1 Å². The second kappa shape index (κ2) is 5.87. The van der Waals surface area contributed by atoms with Crippen molar-refractivity contribution in [3.8, 4) is 11.6 Å². The van der Waals surface area contributed by atoms with E-state index < -0.39 is 5.54 Å². The van der Waals surface area contributed by atoms with Crippen LogP contribution in [0.2, 0.25) is 0 Å². The summed E-state index contributed by atoms with van der Waals surface area (Å²) in [5.74, 6) is 1.22. The SMILES string of the molecule is CC(C)(N)CNC(=O)CCc1nc(-c2ccco2)no1. The van der Waals surface area contributed by atoms with Gasteiger partial charge in [0.2, 0.25) is 17.6 Å². The molecule has 108 valence electrons. The molecule has 0 saturated carbocycles. The summed E-state index contributed by atoms with van der Waals surface area (Å²) >= 11 is 0. The second-order valence-corrected chi connectivity index (χ2v) is 5.25. The maximum absolute atomic E-state index is 11.6. The molecule has 0 fully saturated rings. The number of carbonyl (C=O) groups excluding carboxylic acids is 1. The fourth-order valence-corrected chi connectivity index (χ4v) is 1.50. The molecular formula is C13H18N4O3. The van der Waals surface area contributed by atoms with Gasteiger partial charge in [-0.3, -0.25) is 4.79 Å². The molecule has 2 aromatic heterocycles. The van der Waals surface area contributed by atoms with Crippen LogP contribution in [-0.4, -0.2) is 28.1 Å². The first-order chi connectivity index (χ1) is 9.44. The molecule has 0 aromatic carbocycles. The van der Waals surface area contributed by atoms with E-state index >= 15 is 0 Å². The molecule has 0 saturated heterocycles. The van der Waals surface area contributed by atoms with Crippen LogP contribution in [0.5, 0.6) is 0 Å². The number of aromatic nitrogens is 2. The maximum Gasteiger partial charge on any atom is 0.238 e. The van der Waals surface area contributed by atoms with Crippen LogP contribution in [0.25, 0.3) is 11.6 Å². The second-order valence-electron chi connectivity index (χ2n) is 5.25. The molecule has 0 atom stereocenters. The van der Waals surface area contributed by atoms with Crippen molar-refractivity contribution < 1.29 is 13.7 Å². The van der Waals surface area contributed by atoms with E-state index in [2.05, 4.69) is 15.5 Å². The maximum atomic E-state index is 11.6. The number of nitrogens with zero attached hydrogens (tertiary/aromatic N) is 2. The van der Waals surface area contributed by atoms with Crippen molar-refractivity contribution in [2.75, 3.05) is 6.54 Å². The van der Waals surface area contributed by atoms with Crippen LogP contribution >= 0.6 is 0 Å². The van der Waals surface area contributed by atoms with E-state index in [9.17, 15) is 4.79 Å². The molecule has 7 nitrogen and oxygen atoms in total. The molecule has 2 aromatic rings. The van der Waals surface area contributed by atoms with Gasteiger partial charge in [0.1, 0.15) is 0 Å². The van der Waals surface area contributed by atoms with E-state index in [1.165, 1.54) is 6.26 Å². The van der Waals surface area contributed by atoms with E-state index in [0.29, 0.717) is 30.4 Å². The first-order valence-electron chi connectivity index (χ1n) is 6.36. The van der Waals surface area contributed by atoms with Gasteiger partial charge in [-0.05, 0) is 26.0 Å². The molecule has 0 spiro atoms. The minimum atomic E-state index is -0.424. The highest BCUT2D eigenvalue weighted by Crippen LogP contribution is 2.16. The van der Waals surface area contributed by atoms with Crippen molar-refractivity contribution in [1.82, 2.24) is 15.5 Å². The van der Waals surface area contributed by atoms with E-state index in [0.717, 1.165) is 0 Å². The lowest BCUT2D eigenvalue weighted by atomic mass is 10.1. The summed E-state index contributed by atoms with van der Waals surface area (Å²) in [6, 6.07) is 3.48. The van der Waals surface area contributed by atoms with Gasteiger partial charge in [0, 0.05) is 24.9 Å². The smallest absolute Gasteiger partial charge is 0.238 e. The number of furan rings is 1. The Morgan fingerprint density at radius 1 is 1.50 bits per heavy atom. The molecule has 2 rings (SSSR count). The number of nitrogens with one attached hydrogen (secondary N) is 1. The molecule has 1 amide bonds. The van der Waals surface area contributed by atoms with Crippen molar-refractivity contribution >= 4 is 5.91 Å². The van der Waals surface area contributed by atoms with Gasteiger partial charge in [-0.15, -0.1) is 0 Å². The van der Waals surface area contributed by atoms with Gasteiger partial charge < -0.3 is 20.0 Å². The number of rotatable bonds is 6. The minimum absolute atomic E-state index is 0.0960. The van der Waals surface area contributed by atoms with Gasteiger partial charge >= 0.3 is 0 Å². The van der Waals surface area contributed by atoms with E-state index in [-0.39, 0.29) is 12.3 Å². The average Bonchev–Trinajstić information content (AvgIpc) is 3.03. The summed E-state index contributed by atoms with van der Waals surface area (Å²) in [6.45, 7) is 4.12. The third kappa shape index (κ3) is 4.20. The fraction of sp³-hybridized carbons (Fsp3) is 0.462. The van der Waals surface area contributed by atoms with E-state index in [1.807, 2.05) is 13.8 Å². The summed E-state index contributed by atoms with van der Waals surface area (Å²) in [7, 11) is 0. The molecule has 0 bridgehead atoms. The first-order valence-corrected chi connectivity index (χ1v) is 6.36. The van der Waals surface area contributed by atoms with Crippen molar-refractivity contribution in [2.24, 2.45) is 5.73 Å². The van der Waals surface area contributed by atoms with Crippen LogP contribution in [0.1, 0.15) is 26.2 Å². The Bertz CT molecular complexity index is 554. The van der Waals surface area contributed by atoms with E-state index in [4.69, 9.17) is 14.7 Å². The Labute approximate surface area is 116 Å². The monoisotopic (exact) mass is 278 g/mol. The Morgan fingerprint density at radius 3 is 2.95 bits per heavy atom. The molecule has 0 radical (unpaired) electrons. The van der Waals surface area contributed by atoms with Crippen LogP contribution in [-0.2, 0) is 11.2 Å². The summed E-state index contributed by atoms with van der Waals surface area (Å²) in [4.78, 5) is 15.8. The first kappa shape index (κ1) is 14.3. The van der Waals surface area contributed by atoms with Gasteiger partial charge in [-0.2, -0.15) is 4.98 Å². The van der Waals surface area contributed by atoms with Crippen molar-refractivity contribution in [1.29, 1.82) is 0 Å². The number of hydrogen-bond acceptors (Lipinski definition) is 6. The minimum Gasteiger partial charge on any atom is -0.461 e. The summed E-state index contributed by atoms with van der Waals surface area (Å²) in [6.07, 6.45) is 2.19. The zero-order valence-corrected chi connectivity index (χ0v) is 11.5. The highest BCUT2D eigenvalue weighted by Gasteiger charge is 2.14.